The molecular formula is C18H23N3O3S. The molecule has 1 aliphatic rings. The summed E-state index contributed by atoms with van der Waals surface area (Å²) in [6.07, 6.45) is 0.960. The third-order valence-electron chi connectivity index (χ3n) is 3.56. The van der Waals surface area contributed by atoms with Gasteiger partial charge in [-0.15, -0.1) is 11.3 Å². The number of nitrogens with zero attached hydrogens (tertiary/aromatic N) is 1. The summed E-state index contributed by atoms with van der Waals surface area (Å²) in [5.41, 5.74) is 0. The summed E-state index contributed by atoms with van der Waals surface area (Å²) in [5.74, 6) is 3.07. The molecule has 1 aliphatic heterocycles. The van der Waals surface area contributed by atoms with Crippen molar-refractivity contribution < 1.29 is 14.2 Å². The van der Waals surface area contributed by atoms with Crippen molar-refractivity contribution in [2.24, 2.45) is 4.99 Å². The lowest BCUT2D eigenvalue weighted by Crippen LogP contribution is -2.39. The van der Waals surface area contributed by atoms with E-state index in [9.17, 15) is 0 Å². The maximum absolute atomic E-state index is 5.74. The van der Waals surface area contributed by atoms with Gasteiger partial charge in [-0.1, -0.05) is 6.07 Å². The molecule has 134 valence electrons. The van der Waals surface area contributed by atoms with Gasteiger partial charge in [0.2, 0.25) is 6.79 Å². The standard InChI is InChI=1S/C18H23N3O3S/c1-2-19-18(20-8-7-15-4-3-11-25-15)21-9-10-22-14-5-6-16-17(12-14)24-13-23-16/h3-6,11-12H,2,7-10,13H2,1H3,(H2,19,20,21). The van der Waals surface area contributed by atoms with Crippen molar-refractivity contribution in [2.45, 2.75) is 13.3 Å². The Labute approximate surface area is 151 Å². The van der Waals surface area contributed by atoms with Gasteiger partial charge in [-0.2, -0.15) is 0 Å². The maximum atomic E-state index is 5.74. The van der Waals surface area contributed by atoms with Gasteiger partial charge in [-0.25, -0.2) is 0 Å². The Balaban J connectivity index is 1.40. The van der Waals surface area contributed by atoms with Gasteiger partial charge >= 0.3 is 0 Å². The highest BCUT2D eigenvalue weighted by atomic mass is 32.1. The molecule has 0 amide bonds. The van der Waals surface area contributed by atoms with Gasteiger partial charge in [0.1, 0.15) is 12.4 Å². The number of thiophene rings is 1. The van der Waals surface area contributed by atoms with Crippen molar-refractivity contribution in [1.29, 1.82) is 0 Å². The fourth-order valence-corrected chi connectivity index (χ4v) is 3.08. The molecule has 7 heteroatoms. The first-order valence-corrected chi connectivity index (χ1v) is 9.30. The lowest BCUT2D eigenvalue weighted by Gasteiger charge is -2.12. The van der Waals surface area contributed by atoms with Crippen molar-refractivity contribution in [2.75, 3.05) is 33.0 Å². The minimum atomic E-state index is 0.272. The zero-order valence-corrected chi connectivity index (χ0v) is 15.1. The summed E-state index contributed by atoms with van der Waals surface area (Å²) in [7, 11) is 0. The number of guanidine groups is 1. The van der Waals surface area contributed by atoms with Gasteiger partial charge in [0, 0.05) is 30.5 Å². The van der Waals surface area contributed by atoms with Crippen molar-refractivity contribution in [3.63, 3.8) is 0 Å². The number of benzene rings is 1. The Morgan fingerprint density at radius 3 is 3.00 bits per heavy atom. The lowest BCUT2D eigenvalue weighted by atomic mass is 10.3. The Morgan fingerprint density at radius 1 is 1.24 bits per heavy atom. The van der Waals surface area contributed by atoms with Crippen molar-refractivity contribution in [3.8, 4) is 17.2 Å². The fraction of sp³-hybridized carbons (Fsp3) is 0.389. The van der Waals surface area contributed by atoms with Gasteiger partial charge in [0.05, 0.1) is 6.54 Å². The van der Waals surface area contributed by atoms with E-state index in [1.54, 1.807) is 11.3 Å². The molecule has 25 heavy (non-hydrogen) atoms. The summed E-state index contributed by atoms with van der Waals surface area (Å²) in [4.78, 5) is 5.94. The van der Waals surface area contributed by atoms with Crippen LogP contribution in [0.15, 0.2) is 40.7 Å². The first-order valence-electron chi connectivity index (χ1n) is 8.42. The summed E-state index contributed by atoms with van der Waals surface area (Å²) < 4.78 is 16.4. The molecule has 2 heterocycles. The number of ether oxygens (including phenoxy) is 3. The number of aliphatic imine (C=N–C) groups is 1. The third-order valence-corrected chi connectivity index (χ3v) is 4.50. The molecule has 0 atom stereocenters. The third kappa shape index (κ3) is 5.29. The average molecular weight is 361 g/mol. The van der Waals surface area contributed by atoms with Crippen LogP contribution < -0.4 is 24.8 Å². The zero-order valence-electron chi connectivity index (χ0n) is 14.3. The number of rotatable bonds is 8. The minimum absolute atomic E-state index is 0.272. The molecule has 0 saturated heterocycles. The Morgan fingerprint density at radius 2 is 2.16 bits per heavy atom. The van der Waals surface area contributed by atoms with Crippen LogP contribution in [-0.2, 0) is 6.42 Å². The smallest absolute Gasteiger partial charge is 0.231 e. The molecule has 0 spiro atoms. The van der Waals surface area contributed by atoms with E-state index in [-0.39, 0.29) is 6.79 Å². The van der Waals surface area contributed by atoms with Gasteiger partial charge in [-0.05, 0) is 30.5 Å². The van der Waals surface area contributed by atoms with Crippen LogP contribution in [0, 0.1) is 0 Å². The van der Waals surface area contributed by atoms with Crippen LogP contribution in [0.1, 0.15) is 11.8 Å². The Kier molecular flexibility index (Phi) is 6.39. The molecule has 1 aromatic heterocycles. The van der Waals surface area contributed by atoms with E-state index in [1.807, 2.05) is 18.2 Å². The van der Waals surface area contributed by atoms with Crippen molar-refractivity contribution in [1.82, 2.24) is 10.6 Å². The van der Waals surface area contributed by atoms with Crippen LogP contribution in [-0.4, -0.2) is 39.0 Å². The number of hydrogen-bond donors (Lipinski definition) is 2. The van der Waals surface area contributed by atoms with E-state index < -0.39 is 0 Å². The van der Waals surface area contributed by atoms with Gasteiger partial charge in [-0.3, -0.25) is 4.99 Å². The first kappa shape index (κ1) is 17.4. The molecular weight excluding hydrogens is 338 g/mol. The number of nitrogens with one attached hydrogen (secondary N) is 2. The molecule has 0 unspecified atom stereocenters. The second kappa shape index (κ2) is 9.17. The lowest BCUT2D eigenvalue weighted by molar-refractivity contribution is 0.173. The van der Waals surface area contributed by atoms with E-state index in [0.29, 0.717) is 13.2 Å². The molecule has 0 radical (unpaired) electrons. The van der Waals surface area contributed by atoms with Crippen LogP contribution in [0.5, 0.6) is 17.2 Å². The van der Waals surface area contributed by atoms with E-state index >= 15 is 0 Å². The topological polar surface area (TPSA) is 64.1 Å². The van der Waals surface area contributed by atoms with Crippen LogP contribution in [0.25, 0.3) is 0 Å². The maximum Gasteiger partial charge on any atom is 0.231 e. The second-order valence-electron chi connectivity index (χ2n) is 5.38. The van der Waals surface area contributed by atoms with E-state index in [2.05, 4.69) is 40.1 Å². The predicted molar refractivity (Wildman–Crippen MR) is 100 cm³/mol. The fourth-order valence-electron chi connectivity index (χ4n) is 2.38. The highest BCUT2D eigenvalue weighted by Gasteiger charge is 2.13. The number of fused-ring (bicyclic) bond motifs is 1. The summed E-state index contributed by atoms with van der Waals surface area (Å²) in [5, 5.41) is 8.62. The van der Waals surface area contributed by atoms with Crippen LogP contribution in [0.2, 0.25) is 0 Å². The number of hydrogen-bond acceptors (Lipinski definition) is 5. The van der Waals surface area contributed by atoms with Crippen molar-refractivity contribution >= 4 is 17.3 Å². The highest BCUT2D eigenvalue weighted by molar-refractivity contribution is 7.09. The SMILES string of the molecule is CCNC(=NCCc1cccs1)NCCOc1ccc2c(c1)OCO2. The highest BCUT2D eigenvalue weighted by Crippen LogP contribution is 2.34. The monoisotopic (exact) mass is 361 g/mol. The zero-order chi connectivity index (χ0) is 17.3. The molecule has 0 bridgehead atoms. The summed E-state index contributed by atoms with van der Waals surface area (Å²) >= 11 is 1.77. The van der Waals surface area contributed by atoms with Crippen LogP contribution in [0.4, 0.5) is 0 Å². The van der Waals surface area contributed by atoms with Crippen molar-refractivity contribution in [3.05, 3.63) is 40.6 Å². The molecule has 1 aromatic carbocycles. The molecule has 0 fully saturated rings. The average Bonchev–Trinajstić information content (AvgIpc) is 3.29. The minimum Gasteiger partial charge on any atom is -0.492 e. The molecule has 0 aliphatic carbocycles. The normalized spacial score (nSPS) is 12.9. The van der Waals surface area contributed by atoms with Crippen LogP contribution in [0.3, 0.4) is 0 Å². The van der Waals surface area contributed by atoms with Gasteiger partial charge < -0.3 is 24.8 Å². The summed E-state index contributed by atoms with van der Waals surface area (Å²) in [6.45, 7) is 5.12. The molecule has 0 saturated carbocycles. The molecule has 6 nitrogen and oxygen atoms in total. The molecule has 3 rings (SSSR count). The van der Waals surface area contributed by atoms with E-state index in [1.165, 1.54) is 4.88 Å². The largest absolute Gasteiger partial charge is 0.492 e. The summed E-state index contributed by atoms with van der Waals surface area (Å²) in [6, 6.07) is 9.80. The Hall–Kier alpha value is -2.41. The van der Waals surface area contributed by atoms with Crippen LogP contribution >= 0.6 is 11.3 Å². The second-order valence-corrected chi connectivity index (χ2v) is 6.41. The van der Waals surface area contributed by atoms with E-state index in [4.69, 9.17) is 14.2 Å². The molecule has 2 aromatic rings. The molecule has 2 N–H and O–H groups in total. The first-order chi connectivity index (χ1) is 12.3. The van der Waals surface area contributed by atoms with Gasteiger partial charge in [0.25, 0.3) is 0 Å². The Bertz CT molecular complexity index is 689. The quantitative estimate of drug-likeness (QED) is 0.430. The predicted octanol–water partition coefficient (Wildman–Crippen LogP) is 2.65. The van der Waals surface area contributed by atoms with Gasteiger partial charge in [0.15, 0.2) is 17.5 Å². The van der Waals surface area contributed by atoms with E-state index in [0.717, 1.165) is 42.7 Å².